The maximum absolute atomic E-state index is 9.59. The third-order valence-corrected chi connectivity index (χ3v) is 1.35. The number of nitrogens with two attached hydrogens (primary N) is 1. The maximum atomic E-state index is 9.59. The molecule has 0 aliphatic heterocycles. The Kier molecular flexibility index (Phi) is 15.2. The van der Waals surface area contributed by atoms with Crippen LogP contribution in [0.2, 0.25) is 0 Å². The first-order valence-corrected chi connectivity index (χ1v) is 4.43. The molecule has 0 heterocycles. The number of unbranched alkanes of at least 4 members (excludes halogenated alkanes) is 3. The average molecular weight is 175 g/mol. The van der Waals surface area contributed by atoms with E-state index in [2.05, 4.69) is 11.7 Å². The molecule has 0 atom stereocenters. The van der Waals surface area contributed by atoms with Gasteiger partial charge in [0, 0.05) is 6.92 Å². The number of esters is 1. The van der Waals surface area contributed by atoms with E-state index >= 15 is 0 Å². The Morgan fingerprint density at radius 3 is 2.08 bits per heavy atom. The average Bonchev–Trinajstić information content (AvgIpc) is 2.07. The molecule has 0 fully saturated rings. The van der Waals surface area contributed by atoms with E-state index in [-0.39, 0.29) is 5.97 Å². The number of hydrogen-bond donors (Lipinski definition) is 1. The van der Waals surface area contributed by atoms with Gasteiger partial charge in [0.2, 0.25) is 0 Å². The highest BCUT2D eigenvalue weighted by atomic mass is 16.5. The quantitative estimate of drug-likeness (QED) is 0.522. The lowest BCUT2D eigenvalue weighted by Crippen LogP contribution is -1.97. The zero-order valence-corrected chi connectivity index (χ0v) is 8.43. The molecule has 74 valence electrons. The van der Waals surface area contributed by atoms with Gasteiger partial charge in [-0.05, 0) is 13.0 Å². The zero-order valence-electron chi connectivity index (χ0n) is 8.43. The van der Waals surface area contributed by atoms with Crippen LogP contribution in [0.25, 0.3) is 0 Å². The highest BCUT2D eigenvalue weighted by molar-refractivity contribution is 5.65. The number of carbonyl (C=O) groups is 1. The van der Waals surface area contributed by atoms with Gasteiger partial charge in [0.1, 0.15) is 0 Å². The summed E-state index contributed by atoms with van der Waals surface area (Å²) in [5, 5.41) is 0. The molecule has 0 spiro atoms. The molecule has 0 aromatic heterocycles. The van der Waals surface area contributed by atoms with Crippen LogP contribution in [-0.4, -0.2) is 19.6 Å². The van der Waals surface area contributed by atoms with E-state index in [1.54, 1.807) is 0 Å². The van der Waals surface area contributed by atoms with Crippen molar-refractivity contribution in [3.63, 3.8) is 0 Å². The Bertz CT molecular complexity index is 90.5. The van der Waals surface area contributed by atoms with Gasteiger partial charge in [-0.3, -0.25) is 4.79 Å². The van der Waals surface area contributed by atoms with Gasteiger partial charge in [-0.15, -0.1) is 0 Å². The summed E-state index contributed by atoms with van der Waals surface area (Å²) in [5.41, 5.74) is 5.27. The van der Waals surface area contributed by atoms with Gasteiger partial charge in [-0.1, -0.05) is 26.2 Å². The third kappa shape index (κ3) is 22.7. The van der Waals surface area contributed by atoms with Crippen molar-refractivity contribution in [2.24, 2.45) is 5.73 Å². The minimum atomic E-state index is -0.245. The number of hydrogen-bond acceptors (Lipinski definition) is 3. The molecule has 2 N–H and O–H groups in total. The second-order valence-corrected chi connectivity index (χ2v) is 2.55. The fraction of sp³-hybridized carbons (Fsp3) is 0.889. The largest absolute Gasteiger partial charge is 0.469 e. The van der Waals surface area contributed by atoms with Crippen LogP contribution in [0, 0.1) is 0 Å². The van der Waals surface area contributed by atoms with Gasteiger partial charge in [0.15, 0.2) is 0 Å². The van der Waals surface area contributed by atoms with Crippen molar-refractivity contribution >= 4 is 5.97 Å². The Hall–Kier alpha value is -0.570. The Labute approximate surface area is 75.3 Å². The lowest BCUT2D eigenvalue weighted by molar-refractivity contribution is -0.137. The smallest absolute Gasteiger partial charge is 0.302 e. The van der Waals surface area contributed by atoms with Crippen molar-refractivity contribution in [1.29, 1.82) is 0 Å². The third-order valence-electron chi connectivity index (χ3n) is 1.35. The summed E-state index contributed by atoms with van der Waals surface area (Å²) in [6.45, 7) is 4.43. The van der Waals surface area contributed by atoms with Crippen molar-refractivity contribution in [1.82, 2.24) is 0 Å². The standard InChI is InChI=1S/C6H15N.C3H6O2/c1-2-3-4-5-6-7;1-3(4)5-2/h2-7H2,1H3;1-2H3. The summed E-state index contributed by atoms with van der Waals surface area (Å²) in [6, 6.07) is 0. The van der Waals surface area contributed by atoms with Crippen molar-refractivity contribution in [3.8, 4) is 0 Å². The normalized spacial score (nSPS) is 8.33. The molecule has 3 nitrogen and oxygen atoms in total. The van der Waals surface area contributed by atoms with Crippen LogP contribution in [0.5, 0.6) is 0 Å². The summed E-state index contributed by atoms with van der Waals surface area (Å²) in [7, 11) is 1.35. The van der Waals surface area contributed by atoms with Crippen molar-refractivity contribution in [3.05, 3.63) is 0 Å². The monoisotopic (exact) mass is 175 g/mol. The predicted molar refractivity (Wildman–Crippen MR) is 50.9 cm³/mol. The topological polar surface area (TPSA) is 52.3 Å². The van der Waals surface area contributed by atoms with Crippen LogP contribution in [0.1, 0.15) is 39.5 Å². The van der Waals surface area contributed by atoms with E-state index in [1.807, 2.05) is 0 Å². The number of methoxy groups -OCH3 is 1. The SMILES string of the molecule is CCCCCCN.COC(C)=O. The van der Waals surface area contributed by atoms with Crippen molar-refractivity contribution in [2.75, 3.05) is 13.7 Å². The fourth-order valence-corrected chi connectivity index (χ4v) is 0.571. The van der Waals surface area contributed by atoms with Crippen molar-refractivity contribution in [2.45, 2.75) is 39.5 Å². The summed E-state index contributed by atoms with van der Waals surface area (Å²) >= 11 is 0. The number of ether oxygens (including phenoxy) is 1. The molecule has 0 aromatic carbocycles. The van der Waals surface area contributed by atoms with Crippen molar-refractivity contribution < 1.29 is 9.53 Å². The second-order valence-electron chi connectivity index (χ2n) is 2.55. The molecule has 3 heteroatoms. The van der Waals surface area contributed by atoms with Gasteiger partial charge < -0.3 is 10.5 Å². The van der Waals surface area contributed by atoms with Crippen LogP contribution in [-0.2, 0) is 9.53 Å². The van der Waals surface area contributed by atoms with E-state index in [0.29, 0.717) is 0 Å². The predicted octanol–water partition coefficient (Wildman–Crippen LogP) is 1.70. The molecule has 0 aromatic rings. The minimum absolute atomic E-state index is 0.245. The molecule has 0 aliphatic carbocycles. The maximum Gasteiger partial charge on any atom is 0.302 e. The molecule has 0 amide bonds. The highest BCUT2D eigenvalue weighted by Crippen LogP contribution is 1.95. The molecule has 0 bridgehead atoms. The van der Waals surface area contributed by atoms with E-state index in [4.69, 9.17) is 5.73 Å². The van der Waals surface area contributed by atoms with E-state index < -0.39 is 0 Å². The molecule has 0 rings (SSSR count). The summed E-state index contributed by atoms with van der Waals surface area (Å²) in [5.74, 6) is -0.245. The van der Waals surface area contributed by atoms with Gasteiger partial charge in [-0.2, -0.15) is 0 Å². The molecule has 0 aliphatic rings. The van der Waals surface area contributed by atoms with Gasteiger partial charge in [-0.25, -0.2) is 0 Å². The van der Waals surface area contributed by atoms with E-state index in [9.17, 15) is 4.79 Å². The zero-order chi connectivity index (χ0) is 9.82. The molecule has 0 radical (unpaired) electrons. The summed E-state index contributed by atoms with van der Waals surface area (Å²) in [4.78, 5) is 9.59. The van der Waals surface area contributed by atoms with Crippen LogP contribution < -0.4 is 5.73 Å². The Morgan fingerprint density at radius 2 is 1.83 bits per heavy atom. The summed E-state index contributed by atoms with van der Waals surface area (Å²) in [6.07, 6.45) is 5.16. The van der Waals surface area contributed by atoms with Crippen LogP contribution in [0.4, 0.5) is 0 Å². The lowest BCUT2D eigenvalue weighted by Gasteiger charge is -1.90. The number of carbonyl (C=O) groups excluding carboxylic acids is 1. The molecule has 0 saturated heterocycles. The molecule has 0 unspecified atom stereocenters. The van der Waals surface area contributed by atoms with Gasteiger partial charge in [0.05, 0.1) is 7.11 Å². The highest BCUT2D eigenvalue weighted by Gasteiger charge is 1.80. The van der Waals surface area contributed by atoms with E-state index in [1.165, 1.54) is 39.7 Å². The first-order valence-electron chi connectivity index (χ1n) is 4.43. The summed E-state index contributed by atoms with van der Waals surface area (Å²) < 4.78 is 4.11. The van der Waals surface area contributed by atoms with Gasteiger partial charge >= 0.3 is 5.97 Å². The van der Waals surface area contributed by atoms with Crippen LogP contribution in [0.15, 0.2) is 0 Å². The Balaban J connectivity index is 0. The van der Waals surface area contributed by atoms with Crippen LogP contribution >= 0.6 is 0 Å². The lowest BCUT2D eigenvalue weighted by atomic mass is 10.2. The fourth-order valence-electron chi connectivity index (χ4n) is 0.571. The molecular weight excluding hydrogens is 154 g/mol. The Morgan fingerprint density at radius 1 is 1.33 bits per heavy atom. The molecule has 0 saturated carbocycles. The molecular formula is C9H21NO2. The molecule has 12 heavy (non-hydrogen) atoms. The first-order chi connectivity index (χ1) is 5.68. The first kappa shape index (κ1) is 14.0. The second kappa shape index (κ2) is 13.1. The minimum Gasteiger partial charge on any atom is -0.469 e. The number of rotatable bonds is 4. The van der Waals surface area contributed by atoms with Gasteiger partial charge in [0.25, 0.3) is 0 Å². The van der Waals surface area contributed by atoms with Crippen LogP contribution in [0.3, 0.4) is 0 Å². The van der Waals surface area contributed by atoms with E-state index in [0.717, 1.165) is 6.54 Å².